The number of pyridine rings is 2. The number of amides is 1. The molecule has 0 fully saturated rings. The average Bonchev–Trinajstić information content (AvgIpc) is 2.95. The van der Waals surface area contributed by atoms with Crippen molar-refractivity contribution in [1.29, 1.82) is 0 Å². The Labute approximate surface area is 205 Å². The van der Waals surface area contributed by atoms with Crippen molar-refractivity contribution in [3.63, 3.8) is 0 Å². The number of thioether (sulfide) groups is 1. The van der Waals surface area contributed by atoms with Crippen LogP contribution in [0.25, 0.3) is 10.9 Å². The van der Waals surface area contributed by atoms with E-state index in [-0.39, 0.29) is 29.2 Å². The number of hydrogen-bond donors (Lipinski definition) is 1. The van der Waals surface area contributed by atoms with E-state index in [4.69, 9.17) is 21.1 Å². The van der Waals surface area contributed by atoms with E-state index in [9.17, 15) is 9.18 Å². The summed E-state index contributed by atoms with van der Waals surface area (Å²) in [6, 6.07) is 3.30. The van der Waals surface area contributed by atoms with Crippen LogP contribution in [0.5, 0.6) is 5.88 Å². The Bertz CT molecular complexity index is 1260. The maximum Gasteiger partial charge on any atom is 0.413 e. The first-order valence-corrected chi connectivity index (χ1v) is 12.1. The second-order valence-corrected chi connectivity index (χ2v) is 9.70. The van der Waals surface area contributed by atoms with Gasteiger partial charge < -0.3 is 14.4 Å². The van der Waals surface area contributed by atoms with E-state index in [1.54, 1.807) is 39.3 Å². The highest BCUT2D eigenvalue weighted by Gasteiger charge is 2.30. The van der Waals surface area contributed by atoms with Crippen molar-refractivity contribution >= 4 is 52.0 Å². The Kier molecular flexibility index (Phi) is 6.68. The van der Waals surface area contributed by atoms with Gasteiger partial charge in [0.15, 0.2) is 16.1 Å². The van der Waals surface area contributed by atoms with Gasteiger partial charge in [0, 0.05) is 11.8 Å². The number of halogens is 2. The second-order valence-electron chi connectivity index (χ2n) is 8.57. The Hall–Kier alpha value is -2.92. The predicted molar refractivity (Wildman–Crippen MR) is 129 cm³/mol. The van der Waals surface area contributed by atoms with Crippen LogP contribution in [0.15, 0.2) is 23.5 Å². The van der Waals surface area contributed by atoms with Crippen LogP contribution in [0.1, 0.15) is 39.3 Å². The molecule has 0 aromatic carbocycles. The zero-order chi connectivity index (χ0) is 24.6. The van der Waals surface area contributed by atoms with Crippen molar-refractivity contribution in [1.82, 2.24) is 19.9 Å². The van der Waals surface area contributed by atoms with E-state index in [0.717, 1.165) is 5.56 Å². The van der Waals surface area contributed by atoms with Crippen LogP contribution >= 0.6 is 23.4 Å². The molecule has 3 aromatic heterocycles. The van der Waals surface area contributed by atoms with Gasteiger partial charge in [-0.15, -0.1) is 0 Å². The summed E-state index contributed by atoms with van der Waals surface area (Å²) in [5.41, 5.74) is 0.105. The molecule has 1 N–H and O–H groups in total. The van der Waals surface area contributed by atoms with Gasteiger partial charge in [0.2, 0.25) is 5.88 Å². The summed E-state index contributed by atoms with van der Waals surface area (Å²) in [6.45, 7) is 7.96. The molecule has 3 aromatic rings. The number of nitrogens with one attached hydrogen (secondary N) is 1. The first kappa shape index (κ1) is 24.2. The maximum absolute atomic E-state index is 14.9. The molecule has 0 unspecified atom stereocenters. The largest absolute Gasteiger partial charge is 0.475 e. The quantitative estimate of drug-likeness (QED) is 0.289. The number of aromatic nitrogens is 4. The molecular weight excluding hydrogens is 483 g/mol. The second kappa shape index (κ2) is 9.38. The third kappa shape index (κ3) is 4.80. The van der Waals surface area contributed by atoms with Crippen LogP contribution < -0.4 is 15.0 Å². The SMILES string of the molecule is CSc1nc2c3c(nc(Cl)c(F)c3n1)OCCN2[C@@H](C)c1cccnc1NC(=O)OC(C)(C)C. The molecular formula is C22H24ClFN6O3S. The molecule has 34 heavy (non-hydrogen) atoms. The standard InChI is InChI=1S/C22H24ClFN6O3S/c1-11(12-7-6-8-25-17(12)28-21(31)33-22(2,3)4)30-9-10-32-19-13-15(14(24)16(23)27-19)26-20(34-5)29-18(13)30/h6-8,11H,9-10H2,1-5H3,(H,25,28,31)/t11-/m0/s1. The topological polar surface area (TPSA) is 102 Å². The lowest BCUT2D eigenvalue weighted by atomic mass is 10.1. The lowest BCUT2D eigenvalue weighted by Gasteiger charge is -2.30. The van der Waals surface area contributed by atoms with Gasteiger partial charge in [0.05, 0.1) is 12.6 Å². The smallest absolute Gasteiger partial charge is 0.413 e. The van der Waals surface area contributed by atoms with Crippen LogP contribution in [-0.4, -0.2) is 51.0 Å². The van der Waals surface area contributed by atoms with Crippen molar-refractivity contribution in [3.8, 4) is 5.88 Å². The highest BCUT2D eigenvalue weighted by Crippen LogP contribution is 2.41. The summed E-state index contributed by atoms with van der Waals surface area (Å²) in [4.78, 5) is 31.8. The molecule has 4 heterocycles. The van der Waals surface area contributed by atoms with Gasteiger partial charge in [0.1, 0.15) is 34.7 Å². The third-order valence-corrected chi connectivity index (χ3v) is 5.87. The molecule has 0 saturated heterocycles. The minimum atomic E-state index is -0.730. The molecule has 0 aliphatic carbocycles. The summed E-state index contributed by atoms with van der Waals surface area (Å²) in [7, 11) is 0. The predicted octanol–water partition coefficient (Wildman–Crippen LogP) is 5.24. The fourth-order valence-electron chi connectivity index (χ4n) is 3.63. The number of carbonyl (C=O) groups excluding carboxylic acids is 1. The van der Waals surface area contributed by atoms with Crippen molar-refractivity contribution < 1.29 is 18.7 Å². The summed E-state index contributed by atoms with van der Waals surface area (Å²) in [5, 5.41) is 3.14. The zero-order valence-corrected chi connectivity index (χ0v) is 20.9. The Morgan fingerprint density at radius 3 is 2.82 bits per heavy atom. The first-order chi connectivity index (χ1) is 16.1. The van der Waals surface area contributed by atoms with Gasteiger partial charge in [0.25, 0.3) is 0 Å². The Morgan fingerprint density at radius 2 is 2.12 bits per heavy atom. The lowest BCUT2D eigenvalue weighted by Crippen LogP contribution is -2.32. The van der Waals surface area contributed by atoms with Crippen LogP contribution in [0.3, 0.4) is 0 Å². The molecule has 1 atom stereocenters. The molecule has 0 spiro atoms. The van der Waals surface area contributed by atoms with Crippen molar-refractivity contribution in [3.05, 3.63) is 34.9 Å². The summed E-state index contributed by atoms with van der Waals surface area (Å²) in [6.07, 6.45) is 2.78. The van der Waals surface area contributed by atoms with Crippen LogP contribution in [0.2, 0.25) is 5.15 Å². The van der Waals surface area contributed by atoms with E-state index >= 15 is 0 Å². The fourth-order valence-corrected chi connectivity index (χ4v) is 4.16. The zero-order valence-electron chi connectivity index (χ0n) is 19.3. The molecule has 4 rings (SSSR count). The van der Waals surface area contributed by atoms with Gasteiger partial charge >= 0.3 is 6.09 Å². The fraction of sp³-hybridized carbons (Fsp3) is 0.409. The summed E-state index contributed by atoms with van der Waals surface area (Å²) >= 11 is 7.28. The first-order valence-electron chi connectivity index (χ1n) is 10.5. The molecule has 0 radical (unpaired) electrons. The number of ether oxygens (including phenoxy) is 2. The van der Waals surface area contributed by atoms with E-state index in [2.05, 4.69) is 25.3 Å². The summed E-state index contributed by atoms with van der Waals surface area (Å²) in [5.74, 6) is 0.262. The molecule has 1 aliphatic rings. The van der Waals surface area contributed by atoms with Gasteiger partial charge in [-0.1, -0.05) is 29.4 Å². The highest BCUT2D eigenvalue weighted by molar-refractivity contribution is 7.98. The summed E-state index contributed by atoms with van der Waals surface area (Å²) < 4.78 is 26.1. The van der Waals surface area contributed by atoms with Crippen LogP contribution in [0.4, 0.5) is 20.8 Å². The lowest BCUT2D eigenvalue weighted by molar-refractivity contribution is 0.0635. The number of anilines is 2. The van der Waals surface area contributed by atoms with Crippen LogP contribution in [0, 0.1) is 5.82 Å². The minimum Gasteiger partial charge on any atom is -0.475 e. The van der Waals surface area contributed by atoms with Gasteiger partial charge in [-0.05, 0) is 40.0 Å². The normalized spacial score (nSPS) is 14.4. The van der Waals surface area contributed by atoms with E-state index < -0.39 is 17.5 Å². The van der Waals surface area contributed by atoms with Gasteiger partial charge in [-0.3, -0.25) is 5.32 Å². The average molecular weight is 507 g/mol. The molecule has 12 heteroatoms. The molecule has 180 valence electrons. The monoisotopic (exact) mass is 506 g/mol. The minimum absolute atomic E-state index is 0.0433. The third-order valence-electron chi connectivity index (χ3n) is 5.07. The van der Waals surface area contributed by atoms with Gasteiger partial charge in [-0.2, -0.15) is 4.98 Å². The molecule has 0 bridgehead atoms. The number of carbonyl (C=O) groups is 1. The van der Waals surface area contributed by atoms with Gasteiger partial charge in [-0.25, -0.2) is 24.1 Å². The molecule has 1 amide bonds. The Balaban J connectivity index is 1.79. The van der Waals surface area contributed by atoms with E-state index in [1.165, 1.54) is 11.8 Å². The Morgan fingerprint density at radius 1 is 1.35 bits per heavy atom. The van der Waals surface area contributed by atoms with Crippen molar-refractivity contribution in [2.75, 3.05) is 29.6 Å². The number of hydrogen-bond acceptors (Lipinski definition) is 9. The van der Waals surface area contributed by atoms with E-state index in [0.29, 0.717) is 28.7 Å². The maximum atomic E-state index is 14.9. The van der Waals surface area contributed by atoms with Crippen molar-refractivity contribution in [2.45, 2.75) is 44.5 Å². The van der Waals surface area contributed by atoms with Crippen LogP contribution in [-0.2, 0) is 4.74 Å². The highest BCUT2D eigenvalue weighted by atomic mass is 35.5. The van der Waals surface area contributed by atoms with E-state index in [1.807, 2.05) is 17.9 Å². The number of rotatable bonds is 4. The molecule has 9 nitrogen and oxygen atoms in total. The van der Waals surface area contributed by atoms with Crippen molar-refractivity contribution in [2.24, 2.45) is 0 Å². The number of nitrogens with zero attached hydrogens (tertiary/aromatic N) is 5. The molecule has 1 aliphatic heterocycles. The molecule has 0 saturated carbocycles.